The Morgan fingerprint density at radius 3 is 1.37 bits per heavy atom. The highest BCUT2D eigenvalue weighted by atomic mass is 15.1. The van der Waals surface area contributed by atoms with E-state index in [1.54, 1.807) is 0 Å². The van der Waals surface area contributed by atoms with Gasteiger partial charge >= 0.3 is 0 Å². The van der Waals surface area contributed by atoms with Crippen LogP contribution in [-0.2, 0) is 10.8 Å². The molecular formula is C78H58N8. The molecule has 86 heavy (non-hydrogen) atoms. The van der Waals surface area contributed by atoms with Gasteiger partial charge in [-0.05, 0) is 148 Å². The molecule has 2 aliphatic heterocycles. The largest absolute Gasteiger partial charge is 0.309 e. The Labute approximate surface area is 499 Å². The molecule has 0 saturated carbocycles. The molecule has 0 spiro atoms. The number of aromatic nitrogens is 8. The molecule has 410 valence electrons. The molecule has 2 aliphatic carbocycles. The van der Waals surface area contributed by atoms with E-state index in [1.165, 1.54) is 66.6 Å². The van der Waals surface area contributed by atoms with E-state index < -0.39 is 0 Å². The molecule has 17 rings (SSSR count). The number of allylic oxidation sites excluding steroid dienone is 8. The van der Waals surface area contributed by atoms with Gasteiger partial charge in [0.25, 0.3) is 0 Å². The molecule has 0 radical (unpaired) electrons. The van der Waals surface area contributed by atoms with Crippen molar-refractivity contribution in [1.82, 2.24) is 39.0 Å². The van der Waals surface area contributed by atoms with Crippen molar-refractivity contribution in [3.8, 4) is 79.2 Å². The molecule has 6 heterocycles. The van der Waals surface area contributed by atoms with Crippen molar-refractivity contribution >= 4 is 49.2 Å². The summed E-state index contributed by atoms with van der Waals surface area (Å²) >= 11 is 0. The first-order valence-electron chi connectivity index (χ1n) is 30.0. The van der Waals surface area contributed by atoms with Gasteiger partial charge in [0.05, 0.1) is 33.4 Å². The van der Waals surface area contributed by atoms with Crippen LogP contribution < -0.4 is 0 Å². The van der Waals surface area contributed by atoms with Crippen molar-refractivity contribution in [2.24, 2.45) is 0 Å². The van der Waals surface area contributed by atoms with Crippen LogP contribution in [0.4, 0.5) is 0 Å². The van der Waals surface area contributed by atoms with Gasteiger partial charge in [0.2, 0.25) is 0 Å². The average Bonchev–Trinajstić information content (AvgIpc) is 1.59. The number of hydrogen-bond acceptors (Lipinski definition) is 6. The summed E-state index contributed by atoms with van der Waals surface area (Å²) in [6, 6.07) is 71.0. The minimum absolute atomic E-state index is 0.0585. The second-order valence-electron chi connectivity index (χ2n) is 24.5. The summed E-state index contributed by atoms with van der Waals surface area (Å²) in [5.74, 6) is 4.24. The van der Waals surface area contributed by atoms with Crippen molar-refractivity contribution < 1.29 is 0 Å². The molecule has 0 fully saturated rings. The van der Waals surface area contributed by atoms with E-state index >= 15 is 0 Å². The summed E-state index contributed by atoms with van der Waals surface area (Å²) in [6.07, 6.45) is 17.7. The highest BCUT2D eigenvalue weighted by Gasteiger charge is 2.38. The minimum Gasteiger partial charge on any atom is -0.309 e. The smallest absolute Gasteiger partial charge is 0.164 e. The molecule has 13 aromatic rings. The van der Waals surface area contributed by atoms with Crippen LogP contribution in [0, 0.1) is 0 Å². The molecule has 0 N–H and O–H groups in total. The van der Waals surface area contributed by atoms with Gasteiger partial charge < -0.3 is 9.13 Å². The van der Waals surface area contributed by atoms with Gasteiger partial charge in [-0.2, -0.15) is 0 Å². The maximum Gasteiger partial charge on any atom is 0.164 e. The summed E-state index contributed by atoms with van der Waals surface area (Å²) in [6.45, 7) is 9.54. The van der Waals surface area contributed by atoms with Gasteiger partial charge in [-0.3, -0.25) is 0 Å². The second-order valence-corrected chi connectivity index (χ2v) is 24.5. The summed E-state index contributed by atoms with van der Waals surface area (Å²) in [5, 5.41) is 4.71. The fourth-order valence-electron chi connectivity index (χ4n) is 14.3. The number of rotatable bonds is 8. The van der Waals surface area contributed by atoms with Crippen LogP contribution in [-0.4, -0.2) is 39.0 Å². The first-order valence-corrected chi connectivity index (χ1v) is 30.0. The maximum absolute atomic E-state index is 5.26. The molecular weight excluding hydrogens is 1050 g/mol. The topological polar surface area (TPSA) is 87.2 Å². The molecule has 8 heteroatoms. The average molecular weight is 1110 g/mol. The third kappa shape index (κ3) is 7.75. The lowest BCUT2D eigenvalue weighted by atomic mass is 9.73. The molecule has 9 aromatic carbocycles. The van der Waals surface area contributed by atoms with Gasteiger partial charge in [0.15, 0.2) is 29.1 Å². The lowest BCUT2D eigenvalue weighted by Crippen LogP contribution is -2.26. The van der Waals surface area contributed by atoms with Crippen LogP contribution in [0.1, 0.15) is 86.8 Å². The van der Waals surface area contributed by atoms with Crippen LogP contribution in [0.3, 0.4) is 0 Å². The van der Waals surface area contributed by atoms with E-state index in [1.807, 2.05) is 36.4 Å². The van der Waals surface area contributed by atoms with Crippen LogP contribution in [0.15, 0.2) is 237 Å². The molecule has 0 bridgehead atoms. The number of hydrogen-bond donors (Lipinski definition) is 0. The summed E-state index contributed by atoms with van der Waals surface area (Å²) in [5.41, 5.74) is 21.4. The normalized spacial score (nSPS) is 16.0. The fraction of sp³-hybridized carbons (Fsp3) is 0.128. The van der Waals surface area contributed by atoms with Crippen LogP contribution >= 0.6 is 0 Å². The van der Waals surface area contributed by atoms with E-state index in [0.29, 0.717) is 23.3 Å². The maximum atomic E-state index is 5.26. The number of fused-ring (bicyclic) bond motifs is 10. The zero-order valence-electron chi connectivity index (χ0n) is 48.3. The monoisotopic (exact) mass is 1110 g/mol. The van der Waals surface area contributed by atoms with Crippen molar-refractivity contribution in [1.29, 1.82) is 0 Å². The van der Waals surface area contributed by atoms with E-state index in [0.717, 1.165) is 91.7 Å². The van der Waals surface area contributed by atoms with Crippen molar-refractivity contribution in [3.63, 3.8) is 0 Å². The highest BCUT2D eigenvalue weighted by Crippen LogP contribution is 2.52. The van der Waals surface area contributed by atoms with Gasteiger partial charge in [-0.25, -0.2) is 29.9 Å². The first kappa shape index (κ1) is 50.1. The number of nitrogens with zero attached hydrogens (tertiary/aromatic N) is 8. The van der Waals surface area contributed by atoms with E-state index in [2.05, 4.69) is 237 Å². The van der Waals surface area contributed by atoms with Crippen molar-refractivity contribution in [2.75, 3.05) is 0 Å². The SMILES string of the molecule is CC1(C)c2ccccc2-n2c3ccc(-c4nc(C5=CC=CCC5)nc(-c5ccccc5)n4)cc3c3cc(-c4cccc(-c5cc6c7c(c5)c5cc(-c8nc(-c9ccccc9)nc(C9C=CC=CC9)n8)ccc5n7-c5ccccc5C6(C)C)c4)cc1c32. The molecule has 1 atom stereocenters. The molecule has 1 unspecified atom stereocenters. The van der Waals surface area contributed by atoms with E-state index in [9.17, 15) is 0 Å². The Balaban J connectivity index is 0.848. The zero-order chi connectivity index (χ0) is 57.4. The van der Waals surface area contributed by atoms with Crippen molar-refractivity contribution in [2.45, 2.75) is 63.7 Å². The Morgan fingerprint density at radius 1 is 0.372 bits per heavy atom. The Morgan fingerprint density at radius 2 is 0.849 bits per heavy atom. The fourth-order valence-corrected chi connectivity index (χ4v) is 14.3. The van der Waals surface area contributed by atoms with Gasteiger partial charge in [-0.1, -0.05) is 185 Å². The predicted octanol–water partition coefficient (Wildman–Crippen LogP) is 18.9. The lowest BCUT2D eigenvalue weighted by molar-refractivity contribution is 0.630. The Hall–Kier alpha value is -10.4. The summed E-state index contributed by atoms with van der Waals surface area (Å²) in [4.78, 5) is 31.1. The lowest BCUT2D eigenvalue weighted by Gasteiger charge is -2.35. The van der Waals surface area contributed by atoms with Crippen LogP contribution in [0.5, 0.6) is 0 Å². The third-order valence-electron chi connectivity index (χ3n) is 18.7. The number of benzene rings is 9. The second kappa shape index (κ2) is 19.0. The molecule has 4 aromatic heterocycles. The van der Waals surface area contributed by atoms with Crippen molar-refractivity contribution in [3.05, 3.63) is 271 Å². The molecule has 4 aliphatic rings. The van der Waals surface area contributed by atoms with Gasteiger partial charge in [0.1, 0.15) is 5.82 Å². The van der Waals surface area contributed by atoms with Gasteiger partial charge in [0, 0.05) is 60.5 Å². The molecule has 8 nitrogen and oxygen atoms in total. The Bertz CT molecular complexity index is 5150. The third-order valence-corrected chi connectivity index (χ3v) is 18.7. The van der Waals surface area contributed by atoms with Gasteiger partial charge in [-0.15, -0.1) is 0 Å². The minimum atomic E-state index is -0.301. The quantitative estimate of drug-likeness (QED) is 0.151. The Kier molecular flexibility index (Phi) is 11.1. The van der Waals surface area contributed by atoms with Crippen LogP contribution in [0.2, 0.25) is 0 Å². The number of para-hydroxylation sites is 2. The molecule has 0 amide bonds. The highest BCUT2D eigenvalue weighted by molar-refractivity contribution is 6.15. The van der Waals surface area contributed by atoms with E-state index in [-0.39, 0.29) is 16.7 Å². The summed E-state index contributed by atoms with van der Waals surface area (Å²) < 4.78 is 4.99. The summed E-state index contributed by atoms with van der Waals surface area (Å²) in [7, 11) is 0. The standard InChI is InChI=1S/C78H58N8/c1-77(2)61-32-17-19-34-67(61)85-65-38-36-53(75-81-71(47-22-9-5-10-23-47)79-72(82-75)48-24-11-6-12-25-48)41-57(65)59-43-55(45-63(77)69(59)85)51-30-21-31-52(40-51)56-44-60-58-42-54(37-39-66(58)86-68-35-20-18-33-62(68)78(3,4)64(46-56)70(60)86)76-83-73(49-26-13-7-14-27-49)80-74(84-76)50-28-15-8-16-29-50/h5-15,17-24,26-28,30-46,48H,16,25,29H2,1-4H3. The van der Waals surface area contributed by atoms with Crippen LogP contribution in [0.25, 0.3) is 128 Å². The predicted molar refractivity (Wildman–Crippen MR) is 351 cm³/mol. The zero-order valence-corrected chi connectivity index (χ0v) is 48.3. The molecule has 0 saturated heterocycles. The van der Waals surface area contributed by atoms with E-state index in [4.69, 9.17) is 29.9 Å². The first-order chi connectivity index (χ1) is 42.1.